The maximum Gasteiger partial charge on any atom is 0.148 e. The molecule has 6 nitrogen and oxygen atoms in total. The van der Waals surface area contributed by atoms with Gasteiger partial charge < -0.3 is 21.7 Å². The summed E-state index contributed by atoms with van der Waals surface area (Å²) in [5.74, 6) is 0.750. The fraction of sp³-hybridized carbons (Fsp3) is 0.455. The number of nitrogens with two attached hydrogens (primary N) is 2. The van der Waals surface area contributed by atoms with Crippen LogP contribution >= 0.6 is 0 Å². The molecule has 6 heteroatoms. The highest BCUT2D eigenvalue weighted by molar-refractivity contribution is 5.69. The van der Waals surface area contributed by atoms with E-state index in [9.17, 15) is 0 Å². The van der Waals surface area contributed by atoms with Gasteiger partial charge in [-0.3, -0.25) is 0 Å². The Kier molecular flexibility index (Phi) is 4.12. The summed E-state index contributed by atoms with van der Waals surface area (Å²) in [6, 6.07) is 3.82. The molecule has 0 bridgehead atoms. The fourth-order valence-electron chi connectivity index (χ4n) is 1.26. The van der Waals surface area contributed by atoms with Crippen LogP contribution in [0.25, 0.3) is 0 Å². The van der Waals surface area contributed by atoms with Crippen molar-refractivity contribution in [3.8, 4) is 6.07 Å². The van der Waals surface area contributed by atoms with Gasteiger partial charge in [-0.05, 0) is 21.0 Å². The maximum absolute atomic E-state index is 9.00. The Morgan fingerprint density at radius 1 is 1.53 bits per heavy atom. The molecular weight excluding hydrogens is 216 g/mol. The van der Waals surface area contributed by atoms with Gasteiger partial charge in [-0.15, -0.1) is 0 Å². The van der Waals surface area contributed by atoms with Crippen LogP contribution in [0, 0.1) is 11.3 Å². The van der Waals surface area contributed by atoms with Gasteiger partial charge in [-0.2, -0.15) is 5.26 Å². The Bertz CT molecular complexity index is 434. The van der Waals surface area contributed by atoms with E-state index in [1.54, 1.807) is 0 Å². The molecule has 0 saturated heterocycles. The van der Waals surface area contributed by atoms with Crippen LogP contribution in [-0.4, -0.2) is 36.6 Å². The molecule has 5 N–H and O–H groups in total. The van der Waals surface area contributed by atoms with Gasteiger partial charge in [0.1, 0.15) is 23.3 Å². The van der Waals surface area contributed by atoms with Crippen molar-refractivity contribution in [1.29, 1.82) is 5.26 Å². The number of rotatable bonds is 4. The Morgan fingerprint density at radius 3 is 2.71 bits per heavy atom. The maximum atomic E-state index is 9.00. The molecule has 0 fully saturated rings. The highest BCUT2D eigenvalue weighted by Gasteiger charge is 2.11. The molecular formula is C11H18N6. The summed E-state index contributed by atoms with van der Waals surface area (Å²) in [5.41, 5.74) is 12.0. The Balaban J connectivity index is 2.88. The molecule has 0 aliphatic rings. The van der Waals surface area contributed by atoms with Crippen LogP contribution in [-0.2, 0) is 0 Å². The monoisotopic (exact) mass is 234 g/mol. The lowest BCUT2D eigenvalue weighted by Crippen LogP contribution is -2.32. The SMILES string of the molecule is CC(CNc1nc(N)cc(N)c1C#N)N(C)C. The summed E-state index contributed by atoms with van der Waals surface area (Å²) in [6.45, 7) is 2.73. The fourth-order valence-corrected chi connectivity index (χ4v) is 1.26. The van der Waals surface area contributed by atoms with Crippen LogP contribution in [0.15, 0.2) is 6.07 Å². The van der Waals surface area contributed by atoms with Crippen molar-refractivity contribution in [3.05, 3.63) is 11.6 Å². The number of aromatic nitrogens is 1. The number of nitrogen functional groups attached to an aromatic ring is 2. The lowest BCUT2D eigenvalue weighted by molar-refractivity contribution is 0.326. The number of likely N-dealkylation sites (N-methyl/N-ethyl adjacent to an activating group) is 1. The predicted molar refractivity (Wildman–Crippen MR) is 69.4 cm³/mol. The van der Waals surface area contributed by atoms with Crippen molar-refractivity contribution < 1.29 is 0 Å². The Morgan fingerprint density at radius 2 is 2.18 bits per heavy atom. The van der Waals surface area contributed by atoms with Crippen LogP contribution in [0.1, 0.15) is 12.5 Å². The zero-order chi connectivity index (χ0) is 13.0. The first-order valence-corrected chi connectivity index (χ1v) is 5.32. The number of hydrogen-bond acceptors (Lipinski definition) is 6. The molecule has 0 aliphatic carbocycles. The first-order chi connectivity index (χ1) is 7.95. The van der Waals surface area contributed by atoms with Gasteiger partial charge in [-0.1, -0.05) is 0 Å². The lowest BCUT2D eigenvalue weighted by atomic mass is 10.2. The summed E-state index contributed by atoms with van der Waals surface area (Å²) < 4.78 is 0. The summed E-state index contributed by atoms with van der Waals surface area (Å²) in [4.78, 5) is 6.15. The number of hydrogen-bond donors (Lipinski definition) is 3. The molecule has 0 aliphatic heterocycles. The van der Waals surface area contributed by atoms with E-state index < -0.39 is 0 Å². The molecule has 1 unspecified atom stereocenters. The van der Waals surface area contributed by atoms with E-state index in [4.69, 9.17) is 16.7 Å². The second kappa shape index (κ2) is 5.37. The highest BCUT2D eigenvalue weighted by Crippen LogP contribution is 2.21. The van der Waals surface area contributed by atoms with E-state index in [-0.39, 0.29) is 0 Å². The van der Waals surface area contributed by atoms with Crippen molar-refractivity contribution in [2.24, 2.45) is 0 Å². The van der Waals surface area contributed by atoms with E-state index in [1.165, 1.54) is 6.07 Å². The summed E-state index contributed by atoms with van der Waals surface area (Å²) in [6.07, 6.45) is 0. The molecule has 1 rings (SSSR count). The van der Waals surface area contributed by atoms with Crippen molar-refractivity contribution in [2.45, 2.75) is 13.0 Å². The molecule has 0 radical (unpaired) electrons. The molecule has 17 heavy (non-hydrogen) atoms. The number of anilines is 3. The smallest absolute Gasteiger partial charge is 0.148 e. The summed E-state index contributed by atoms with van der Waals surface area (Å²) in [5, 5.41) is 12.1. The minimum Gasteiger partial charge on any atom is -0.397 e. The Labute approximate surface area is 101 Å². The van der Waals surface area contributed by atoms with Crippen molar-refractivity contribution >= 4 is 17.3 Å². The van der Waals surface area contributed by atoms with E-state index in [1.807, 2.05) is 20.2 Å². The molecule has 1 atom stereocenters. The lowest BCUT2D eigenvalue weighted by Gasteiger charge is -2.20. The van der Waals surface area contributed by atoms with E-state index in [0.717, 1.165) is 0 Å². The van der Waals surface area contributed by atoms with Crippen LogP contribution in [0.3, 0.4) is 0 Å². The topological polar surface area (TPSA) is 104 Å². The first kappa shape index (κ1) is 13.1. The normalized spacial score (nSPS) is 12.2. The zero-order valence-electron chi connectivity index (χ0n) is 10.4. The molecule has 92 valence electrons. The van der Waals surface area contributed by atoms with Gasteiger partial charge in [0.25, 0.3) is 0 Å². The van der Waals surface area contributed by atoms with E-state index in [0.29, 0.717) is 35.5 Å². The van der Waals surface area contributed by atoms with Crippen LogP contribution < -0.4 is 16.8 Å². The number of nitrogens with one attached hydrogen (secondary N) is 1. The summed E-state index contributed by atoms with van der Waals surface area (Å²) in [7, 11) is 3.97. The molecule has 0 saturated carbocycles. The number of nitrogens with zero attached hydrogens (tertiary/aromatic N) is 3. The average molecular weight is 234 g/mol. The third-order valence-electron chi connectivity index (χ3n) is 2.63. The highest BCUT2D eigenvalue weighted by atomic mass is 15.1. The van der Waals surface area contributed by atoms with E-state index >= 15 is 0 Å². The van der Waals surface area contributed by atoms with Gasteiger partial charge in [0.05, 0.1) is 5.69 Å². The van der Waals surface area contributed by atoms with Gasteiger partial charge in [0.15, 0.2) is 0 Å². The standard InChI is InChI=1S/C11H18N6/c1-7(17(2)3)6-15-11-8(5-12)9(13)4-10(14)16-11/h4,7H,6H2,1-3H3,(H5,13,14,15,16). The molecule has 0 amide bonds. The van der Waals surface area contributed by atoms with Crippen molar-refractivity contribution in [1.82, 2.24) is 9.88 Å². The molecule has 0 aromatic carbocycles. The van der Waals surface area contributed by atoms with Gasteiger partial charge >= 0.3 is 0 Å². The number of pyridine rings is 1. The van der Waals surface area contributed by atoms with E-state index in [2.05, 4.69) is 22.1 Å². The minimum absolute atomic E-state index is 0.307. The van der Waals surface area contributed by atoms with Gasteiger partial charge in [-0.25, -0.2) is 4.98 Å². The quantitative estimate of drug-likeness (QED) is 0.700. The van der Waals surface area contributed by atoms with Gasteiger partial charge in [0, 0.05) is 18.7 Å². The second-order valence-electron chi connectivity index (χ2n) is 4.17. The number of nitriles is 1. The molecule has 1 heterocycles. The predicted octanol–water partition coefficient (Wildman–Crippen LogP) is 0.480. The van der Waals surface area contributed by atoms with Crippen LogP contribution in [0.5, 0.6) is 0 Å². The minimum atomic E-state index is 0.307. The first-order valence-electron chi connectivity index (χ1n) is 5.32. The average Bonchev–Trinajstić information content (AvgIpc) is 2.24. The molecule has 0 spiro atoms. The van der Waals surface area contributed by atoms with Crippen molar-refractivity contribution in [2.75, 3.05) is 37.4 Å². The van der Waals surface area contributed by atoms with Crippen molar-refractivity contribution in [3.63, 3.8) is 0 Å². The Hall–Kier alpha value is -2.00. The summed E-state index contributed by atoms with van der Waals surface area (Å²) >= 11 is 0. The largest absolute Gasteiger partial charge is 0.397 e. The van der Waals surface area contributed by atoms with Crippen LogP contribution in [0.4, 0.5) is 17.3 Å². The van der Waals surface area contributed by atoms with Gasteiger partial charge in [0.2, 0.25) is 0 Å². The van der Waals surface area contributed by atoms with Crippen LogP contribution in [0.2, 0.25) is 0 Å². The third kappa shape index (κ3) is 3.23. The third-order valence-corrected chi connectivity index (χ3v) is 2.63. The zero-order valence-corrected chi connectivity index (χ0v) is 10.4. The molecule has 1 aromatic rings. The second-order valence-corrected chi connectivity index (χ2v) is 4.17. The molecule has 1 aromatic heterocycles.